The molecular formula is C20H20N2O4. The average molecular weight is 352 g/mol. The Kier molecular flexibility index (Phi) is 5.31. The standard InChI is InChI=1S/C20H20N2O4/c23-18-9-7-14-11-15(6-8-17(14)22-18)19(24)21-12-16(20(25)26)10-13-4-2-1-3-5-13/h1-6,8,11,16H,7,9-10,12H2,(H,21,24)(H,22,23)(H,25,26). The molecule has 1 heterocycles. The minimum absolute atomic E-state index is 0.0279. The van der Waals surface area contributed by atoms with Gasteiger partial charge in [0.1, 0.15) is 0 Å². The van der Waals surface area contributed by atoms with Crippen molar-refractivity contribution < 1.29 is 19.5 Å². The smallest absolute Gasteiger partial charge is 0.308 e. The molecule has 134 valence electrons. The van der Waals surface area contributed by atoms with E-state index in [0.29, 0.717) is 24.8 Å². The molecule has 0 radical (unpaired) electrons. The van der Waals surface area contributed by atoms with Gasteiger partial charge in [-0.25, -0.2) is 0 Å². The van der Waals surface area contributed by atoms with Gasteiger partial charge in [-0.15, -0.1) is 0 Å². The number of hydrogen-bond acceptors (Lipinski definition) is 3. The number of nitrogens with one attached hydrogen (secondary N) is 2. The van der Waals surface area contributed by atoms with Crippen LogP contribution in [0.5, 0.6) is 0 Å². The first kappa shape index (κ1) is 17.7. The Labute approximate surface area is 151 Å². The quantitative estimate of drug-likeness (QED) is 0.743. The summed E-state index contributed by atoms with van der Waals surface area (Å²) in [5.74, 6) is -1.98. The van der Waals surface area contributed by atoms with Crippen LogP contribution in [0, 0.1) is 5.92 Å². The predicted octanol–water partition coefficient (Wildman–Crippen LogP) is 2.24. The summed E-state index contributed by atoms with van der Waals surface area (Å²) in [5, 5.41) is 14.9. The summed E-state index contributed by atoms with van der Waals surface area (Å²) in [4.78, 5) is 35.3. The van der Waals surface area contributed by atoms with Gasteiger partial charge in [0.25, 0.3) is 5.91 Å². The third-order valence-corrected chi connectivity index (χ3v) is 4.45. The van der Waals surface area contributed by atoms with E-state index >= 15 is 0 Å². The van der Waals surface area contributed by atoms with Crippen LogP contribution in [0.15, 0.2) is 48.5 Å². The van der Waals surface area contributed by atoms with E-state index in [-0.39, 0.29) is 18.4 Å². The highest BCUT2D eigenvalue weighted by molar-refractivity contribution is 5.98. The second-order valence-corrected chi connectivity index (χ2v) is 6.36. The molecule has 2 aromatic rings. The number of carboxylic acids is 1. The molecule has 0 saturated carbocycles. The topological polar surface area (TPSA) is 95.5 Å². The maximum absolute atomic E-state index is 12.4. The molecule has 0 aliphatic carbocycles. The van der Waals surface area contributed by atoms with Crippen LogP contribution in [0.1, 0.15) is 27.9 Å². The van der Waals surface area contributed by atoms with Gasteiger partial charge in [0.2, 0.25) is 5.91 Å². The molecule has 0 spiro atoms. The third kappa shape index (κ3) is 4.27. The summed E-state index contributed by atoms with van der Waals surface area (Å²) in [7, 11) is 0. The Morgan fingerprint density at radius 3 is 2.62 bits per heavy atom. The maximum atomic E-state index is 12.4. The summed E-state index contributed by atoms with van der Waals surface area (Å²) < 4.78 is 0. The maximum Gasteiger partial charge on any atom is 0.308 e. The zero-order valence-corrected chi connectivity index (χ0v) is 14.2. The molecule has 6 nitrogen and oxygen atoms in total. The van der Waals surface area contributed by atoms with Crippen molar-refractivity contribution in [1.29, 1.82) is 0 Å². The average Bonchev–Trinajstić information content (AvgIpc) is 2.65. The van der Waals surface area contributed by atoms with Crippen molar-refractivity contribution >= 4 is 23.5 Å². The number of aliphatic carboxylic acids is 1. The normalized spacial score (nSPS) is 14.1. The van der Waals surface area contributed by atoms with E-state index in [4.69, 9.17) is 0 Å². The van der Waals surface area contributed by atoms with Crippen molar-refractivity contribution in [1.82, 2.24) is 5.32 Å². The Balaban J connectivity index is 1.63. The van der Waals surface area contributed by atoms with E-state index in [0.717, 1.165) is 16.8 Å². The SMILES string of the molecule is O=C1CCc2cc(C(=O)NCC(Cc3ccccc3)C(=O)O)ccc2N1. The summed E-state index contributed by atoms with van der Waals surface area (Å²) in [5.41, 5.74) is 3.02. The fraction of sp³-hybridized carbons (Fsp3) is 0.250. The molecule has 1 unspecified atom stereocenters. The van der Waals surface area contributed by atoms with E-state index in [1.54, 1.807) is 18.2 Å². The molecular weight excluding hydrogens is 332 g/mol. The minimum atomic E-state index is -0.942. The molecule has 0 aromatic heterocycles. The summed E-state index contributed by atoms with van der Waals surface area (Å²) in [6.45, 7) is 0.0525. The number of benzene rings is 2. The van der Waals surface area contributed by atoms with E-state index < -0.39 is 11.9 Å². The van der Waals surface area contributed by atoms with Crippen LogP contribution in [-0.2, 0) is 22.4 Å². The molecule has 3 N–H and O–H groups in total. The molecule has 1 aliphatic rings. The van der Waals surface area contributed by atoms with Gasteiger partial charge < -0.3 is 15.7 Å². The number of carbonyl (C=O) groups is 3. The first-order valence-corrected chi connectivity index (χ1v) is 8.50. The van der Waals surface area contributed by atoms with Gasteiger partial charge in [0.15, 0.2) is 0 Å². The van der Waals surface area contributed by atoms with Crippen LogP contribution in [0.25, 0.3) is 0 Å². The van der Waals surface area contributed by atoms with Gasteiger partial charge in [-0.05, 0) is 42.2 Å². The molecule has 2 amide bonds. The highest BCUT2D eigenvalue weighted by Crippen LogP contribution is 2.23. The van der Waals surface area contributed by atoms with Crippen LogP contribution in [0.2, 0.25) is 0 Å². The van der Waals surface area contributed by atoms with Crippen LogP contribution in [-0.4, -0.2) is 29.4 Å². The predicted molar refractivity (Wildman–Crippen MR) is 97.0 cm³/mol. The van der Waals surface area contributed by atoms with E-state index in [1.165, 1.54) is 0 Å². The van der Waals surface area contributed by atoms with E-state index in [2.05, 4.69) is 10.6 Å². The first-order chi connectivity index (χ1) is 12.5. The van der Waals surface area contributed by atoms with Gasteiger partial charge in [-0.2, -0.15) is 0 Å². The number of hydrogen-bond donors (Lipinski definition) is 3. The molecule has 2 aromatic carbocycles. The summed E-state index contributed by atoms with van der Waals surface area (Å²) in [6, 6.07) is 14.4. The molecule has 0 fully saturated rings. The lowest BCUT2D eigenvalue weighted by Crippen LogP contribution is -2.34. The zero-order valence-electron chi connectivity index (χ0n) is 14.2. The zero-order chi connectivity index (χ0) is 18.5. The molecule has 1 atom stereocenters. The van der Waals surface area contributed by atoms with Crippen LogP contribution >= 0.6 is 0 Å². The number of aryl methyl sites for hydroxylation is 1. The highest BCUT2D eigenvalue weighted by atomic mass is 16.4. The van der Waals surface area contributed by atoms with Crippen LogP contribution in [0.3, 0.4) is 0 Å². The molecule has 26 heavy (non-hydrogen) atoms. The summed E-state index contributed by atoms with van der Waals surface area (Å²) in [6.07, 6.45) is 1.34. The number of carbonyl (C=O) groups excluding carboxylic acids is 2. The fourth-order valence-electron chi connectivity index (χ4n) is 2.99. The Hall–Kier alpha value is -3.15. The number of carboxylic acid groups (broad SMARTS) is 1. The van der Waals surface area contributed by atoms with Crippen molar-refractivity contribution in [3.8, 4) is 0 Å². The largest absolute Gasteiger partial charge is 0.481 e. The molecule has 1 aliphatic heterocycles. The number of fused-ring (bicyclic) bond motifs is 1. The number of anilines is 1. The minimum Gasteiger partial charge on any atom is -0.481 e. The molecule has 0 saturated heterocycles. The Morgan fingerprint density at radius 2 is 1.88 bits per heavy atom. The second kappa shape index (κ2) is 7.82. The van der Waals surface area contributed by atoms with Crippen molar-refractivity contribution in [3.05, 3.63) is 65.2 Å². The van der Waals surface area contributed by atoms with E-state index in [1.807, 2.05) is 30.3 Å². The van der Waals surface area contributed by atoms with Crippen LogP contribution in [0.4, 0.5) is 5.69 Å². The van der Waals surface area contributed by atoms with Gasteiger partial charge in [-0.3, -0.25) is 14.4 Å². The van der Waals surface area contributed by atoms with Crippen molar-refractivity contribution in [2.24, 2.45) is 5.92 Å². The summed E-state index contributed by atoms with van der Waals surface area (Å²) >= 11 is 0. The highest BCUT2D eigenvalue weighted by Gasteiger charge is 2.20. The lowest BCUT2D eigenvalue weighted by Gasteiger charge is -2.18. The lowest BCUT2D eigenvalue weighted by molar-refractivity contribution is -0.141. The van der Waals surface area contributed by atoms with Crippen molar-refractivity contribution in [2.45, 2.75) is 19.3 Å². The third-order valence-electron chi connectivity index (χ3n) is 4.45. The molecule has 3 rings (SSSR count). The fourth-order valence-corrected chi connectivity index (χ4v) is 2.99. The lowest BCUT2D eigenvalue weighted by atomic mass is 9.98. The van der Waals surface area contributed by atoms with Gasteiger partial charge in [-0.1, -0.05) is 30.3 Å². The molecule has 0 bridgehead atoms. The van der Waals surface area contributed by atoms with Gasteiger partial charge in [0.05, 0.1) is 5.92 Å². The van der Waals surface area contributed by atoms with Crippen molar-refractivity contribution in [3.63, 3.8) is 0 Å². The van der Waals surface area contributed by atoms with Crippen LogP contribution < -0.4 is 10.6 Å². The Bertz CT molecular complexity index is 833. The Morgan fingerprint density at radius 1 is 1.12 bits per heavy atom. The number of rotatable bonds is 6. The monoisotopic (exact) mass is 352 g/mol. The van der Waals surface area contributed by atoms with Crippen molar-refractivity contribution in [2.75, 3.05) is 11.9 Å². The first-order valence-electron chi connectivity index (χ1n) is 8.50. The molecule has 6 heteroatoms. The van der Waals surface area contributed by atoms with E-state index in [9.17, 15) is 19.5 Å². The van der Waals surface area contributed by atoms with Gasteiger partial charge in [0, 0.05) is 24.2 Å². The number of amides is 2. The van der Waals surface area contributed by atoms with Gasteiger partial charge >= 0.3 is 5.97 Å². The second-order valence-electron chi connectivity index (χ2n) is 6.36.